The molecule has 1 aliphatic rings. The number of hydrogen-bond donors (Lipinski definition) is 2. The monoisotopic (exact) mass is 245 g/mol. The third kappa shape index (κ3) is 5.82. The average molecular weight is 245 g/mol. The van der Waals surface area contributed by atoms with Gasteiger partial charge in [-0.2, -0.15) is 0 Å². The maximum Gasteiger partial charge on any atom is 0.0700 e. The Hall–Kier alpha value is -0.160. The van der Waals surface area contributed by atoms with Gasteiger partial charge in [0.15, 0.2) is 0 Å². The second-order valence-corrected chi connectivity index (χ2v) is 4.88. The van der Waals surface area contributed by atoms with Gasteiger partial charge in [-0.25, -0.2) is 0 Å². The van der Waals surface area contributed by atoms with Gasteiger partial charge in [-0.05, 0) is 25.8 Å². The summed E-state index contributed by atoms with van der Waals surface area (Å²) in [5.41, 5.74) is -0.00915. The van der Waals surface area contributed by atoms with Crippen LogP contribution in [0.4, 0.5) is 0 Å². The molecular formula is C13H27NO3. The van der Waals surface area contributed by atoms with Crippen molar-refractivity contribution in [1.82, 2.24) is 5.32 Å². The van der Waals surface area contributed by atoms with Crippen LogP contribution in [0.15, 0.2) is 0 Å². The maximum atomic E-state index is 9.50. The van der Waals surface area contributed by atoms with Crippen molar-refractivity contribution in [3.8, 4) is 0 Å². The summed E-state index contributed by atoms with van der Waals surface area (Å²) in [6.45, 7) is 3.28. The van der Waals surface area contributed by atoms with Crippen LogP contribution in [0.1, 0.15) is 38.5 Å². The predicted octanol–water partition coefficient (Wildman–Crippen LogP) is 1.32. The van der Waals surface area contributed by atoms with Gasteiger partial charge >= 0.3 is 0 Å². The number of ether oxygens (including phenoxy) is 2. The van der Waals surface area contributed by atoms with E-state index in [1.807, 2.05) is 0 Å². The highest BCUT2D eigenvalue weighted by molar-refractivity contribution is 4.89. The summed E-state index contributed by atoms with van der Waals surface area (Å²) >= 11 is 0. The number of nitrogens with one attached hydrogen (secondary N) is 1. The van der Waals surface area contributed by atoms with Crippen LogP contribution in [0, 0.1) is 0 Å². The molecule has 4 heteroatoms. The molecular weight excluding hydrogens is 218 g/mol. The lowest BCUT2D eigenvalue weighted by Gasteiger charge is -2.36. The first-order valence-corrected chi connectivity index (χ1v) is 6.75. The molecule has 1 rings (SSSR count). The predicted molar refractivity (Wildman–Crippen MR) is 68.2 cm³/mol. The van der Waals surface area contributed by atoms with E-state index in [0.29, 0.717) is 13.2 Å². The van der Waals surface area contributed by atoms with Gasteiger partial charge in [0.25, 0.3) is 0 Å². The van der Waals surface area contributed by atoms with Crippen molar-refractivity contribution in [2.45, 2.75) is 44.1 Å². The molecule has 102 valence electrons. The summed E-state index contributed by atoms with van der Waals surface area (Å²) in [5, 5.41) is 13.0. The van der Waals surface area contributed by atoms with E-state index in [2.05, 4.69) is 5.32 Å². The van der Waals surface area contributed by atoms with Gasteiger partial charge < -0.3 is 19.9 Å². The lowest BCUT2D eigenvalue weighted by Crippen LogP contribution is -2.50. The Balaban J connectivity index is 2.03. The Labute approximate surface area is 105 Å². The number of rotatable bonds is 9. The van der Waals surface area contributed by atoms with Crippen molar-refractivity contribution >= 4 is 0 Å². The molecule has 1 aliphatic carbocycles. The highest BCUT2D eigenvalue weighted by Gasteiger charge is 2.30. The minimum Gasteiger partial charge on any atom is -0.394 e. The standard InChI is InChI=1S/C13H27NO3/c1-16-10-11-17-9-5-8-14-13(12-15)6-3-2-4-7-13/h14-15H,2-12H2,1H3. The van der Waals surface area contributed by atoms with Crippen molar-refractivity contribution in [2.24, 2.45) is 0 Å². The molecule has 0 spiro atoms. The van der Waals surface area contributed by atoms with E-state index in [9.17, 15) is 5.11 Å². The van der Waals surface area contributed by atoms with Crippen molar-refractivity contribution in [3.63, 3.8) is 0 Å². The van der Waals surface area contributed by atoms with Crippen LogP contribution in [0.3, 0.4) is 0 Å². The normalized spacial score (nSPS) is 19.4. The summed E-state index contributed by atoms with van der Waals surface area (Å²) < 4.78 is 10.3. The Kier molecular flexibility index (Phi) is 7.77. The molecule has 2 N–H and O–H groups in total. The molecule has 0 saturated heterocycles. The molecule has 4 nitrogen and oxygen atoms in total. The lowest BCUT2D eigenvalue weighted by molar-refractivity contribution is 0.0659. The topological polar surface area (TPSA) is 50.7 Å². The molecule has 0 unspecified atom stereocenters. The van der Waals surface area contributed by atoms with Crippen LogP contribution < -0.4 is 5.32 Å². The molecule has 1 fully saturated rings. The second kappa shape index (κ2) is 8.86. The van der Waals surface area contributed by atoms with E-state index < -0.39 is 0 Å². The Bertz CT molecular complexity index is 182. The van der Waals surface area contributed by atoms with E-state index in [0.717, 1.165) is 32.4 Å². The van der Waals surface area contributed by atoms with Crippen LogP contribution in [-0.2, 0) is 9.47 Å². The summed E-state index contributed by atoms with van der Waals surface area (Å²) in [6, 6.07) is 0. The Morgan fingerprint density at radius 2 is 1.88 bits per heavy atom. The first kappa shape index (κ1) is 14.9. The Morgan fingerprint density at radius 3 is 2.53 bits per heavy atom. The van der Waals surface area contributed by atoms with Gasteiger partial charge in [0.2, 0.25) is 0 Å². The highest BCUT2D eigenvalue weighted by atomic mass is 16.5. The van der Waals surface area contributed by atoms with Crippen LogP contribution in [0.2, 0.25) is 0 Å². The van der Waals surface area contributed by atoms with Gasteiger partial charge in [-0.15, -0.1) is 0 Å². The first-order chi connectivity index (χ1) is 8.33. The molecule has 0 radical (unpaired) electrons. The summed E-state index contributed by atoms with van der Waals surface area (Å²) in [5.74, 6) is 0. The molecule has 0 heterocycles. The smallest absolute Gasteiger partial charge is 0.0700 e. The fourth-order valence-electron chi connectivity index (χ4n) is 2.39. The van der Waals surface area contributed by atoms with E-state index >= 15 is 0 Å². The second-order valence-electron chi connectivity index (χ2n) is 4.88. The molecule has 17 heavy (non-hydrogen) atoms. The van der Waals surface area contributed by atoms with Gasteiger partial charge in [0.1, 0.15) is 0 Å². The fraction of sp³-hybridized carbons (Fsp3) is 1.00. The van der Waals surface area contributed by atoms with E-state index in [4.69, 9.17) is 9.47 Å². The van der Waals surface area contributed by atoms with Gasteiger partial charge in [-0.1, -0.05) is 19.3 Å². The van der Waals surface area contributed by atoms with E-state index in [1.165, 1.54) is 19.3 Å². The van der Waals surface area contributed by atoms with Crippen molar-refractivity contribution in [2.75, 3.05) is 40.1 Å². The minimum absolute atomic E-state index is 0.00915. The van der Waals surface area contributed by atoms with E-state index in [1.54, 1.807) is 7.11 Å². The maximum absolute atomic E-state index is 9.50. The van der Waals surface area contributed by atoms with Crippen LogP contribution in [-0.4, -0.2) is 50.7 Å². The zero-order valence-corrected chi connectivity index (χ0v) is 11.0. The van der Waals surface area contributed by atoms with Crippen molar-refractivity contribution < 1.29 is 14.6 Å². The molecule has 0 aliphatic heterocycles. The molecule has 0 bridgehead atoms. The summed E-state index contributed by atoms with van der Waals surface area (Å²) in [6.07, 6.45) is 6.98. The Morgan fingerprint density at radius 1 is 1.12 bits per heavy atom. The van der Waals surface area contributed by atoms with E-state index in [-0.39, 0.29) is 12.1 Å². The van der Waals surface area contributed by atoms with Crippen LogP contribution >= 0.6 is 0 Å². The average Bonchev–Trinajstić information content (AvgIpc) is 2.39. The zero-order valence-electron chi connectivity index (χ0n) is 11.0. The molecule has 0 aromatic carbocycles. The molecule has 0 aromatic rings. The summed E-state index contributed by atoms with van der Waals surface area (Å²) in [7, 11) is 1.68. The van der Waals surface area contributed by atoms with Gasteiger partial charge in [-0.3, -0.25) is 0 Å². The lowest BCUT2D eigenvalue weighted by atomic mass is 9.82. The first-order valence-electron chi connectivity index (χ1n) is 6.75. The molecule has 0 aromatic heterocycles. The third-order valence-corrected chi connectivity index (χ3v) is 3.51. The molecule has 1 saturated carbocycles. The number of methoxy groups -OCH3 is 1. The number of aliphatic hydroxyl groups excluding tert-OH is 1. The highest BCUT2D eigenvalue weighted by Crippen LogP contribution is 2.27. The van der Waals surface area contributed by atoms with Gasteiger partial charge in [0.05, 0.1) is 19.8 Å². The van der Waals surface area contributed by atoms with Crippen LogP contribution in [0.25, 0.3) is 0 Å². The fourth-order valence-corrected chi connectivity index (χ4v) is 2.39. The quantitative estimate of drug-likeness (QED) is 0.602. The number of aliphatic hydroxyl groups is 1. The van der Waals surface area contributed by atoms with Crippen LogP contribution in [0.5, 0.6) is 0 Å². The third-order valence-electron chi connectivity index (χ3n) is 3.51. The zero-order chi connectivity index (χ0) is 12.4. The number of hydrogen-bond acceptors (Lipinski definition) is 4. The van der Waals surface area contributed by atoms with Gasteiger partial charge in [0, 0.05) is 19.3 Å². The minimum atomic E-state index is -0.00915. The van der Waals surface area contributed by atoms with Crippen molar-refractivity contribution in [1.29, 1.82) is 0 Å². The largest absolute Gasteiger partial charge is 0.394 e. The van der Waals surface area contributed by atoms with Crippen molar-refractivity contribution in [3.05, 3.63) is 0 Å². The SMILES string of the molecule is COCCOCCCNC1(CO)CCCCC1. The molecule has 0 atom stereocenters. The summed E-state index contributed by atoms with van der Waals surface area (Å²) in [4.78, 5) is 0. The molecule has 0 amide bonds.